The molecule has 0 radical (unpaired) electrons. The number of hydrogen-bond donors (Lipinski definition) is 1. The third kappa shape index (κ3) is 4.22. The zero-order valence-corrected chi connectivity index (χ0v) is 17.7. The van der Waals surface area contributed by atoms with Crippen LogP contribution in [0.25, 0.3) is 17.2 Å². The van der Waals surface area contributed by atoms with Gasteiger partial charge in [-0.05, 0) is 64.9 Å². The number of nitrogens with one attached hydrogen (secondary N) is 1. The van der Waals surface area contributed by atoms with Gasteiger partial charge in [0.05, 0.1) is 11.6 Å². The smallest absolute Gasteiger partial charge is 0.407 e. The highest BCUT2D eigenvalue weighted by Crippen LogP contribution is 2.44. The van der Waals surface area contributed by atoms with E-state index in [-0.39, 0.29) is 5.92 Å². The Hall–Kier alpha value is -3.84. The predicted molar refractivity (Wildman–Crippen MR) is 123 cm³/mol. The van der Waals surface area contributed by atoms with Gasteiger partial charge in [0.1, 0.15) is 6.61 Å². The number of alkyl carbamates (subject to hydrolysis) is 1. The number of hydrogen-bond acceptors (Lipinski definition) is 3. The average Bonchev–Trinajstić information content (AvgIpc) is 3.10. The molecule has 3 aromatic rings. The molecule has 0 heterocycles. The van der Waals surface area contributed by atoms with Crippen molar-refractivity contribution in [1.82, 2.24) is 5.32 Å². The summed E-state index contributed by atoms with van der Waals surface area (Å²) in [6, 6.07) is 22.5. The summed E-state index contributed by atoms with van der Waals surface area (Å²) in [5.41, 5.74) is 8.61. The maximum absolute atomic E-state index is 12.2. The van der Waals surface area contributed by atoms with Crippen LogP contribution in [0, 0.1) is 25.2 Å². The van der Waals surface area contributed by atoms with Crippen LogP contribution in [0.3, 0.4) is 0 Å². The van der Waals surface area contributed by atoms with E-state index in [1.54, 1.807) is 0 Å². The van der Waals surface area contributed by atoms with Crippen molar-refractivity contribution in [3.05, 3.63) is 100 Å². The highest BCUT2D eigenvalue weighted by Gasteiger charge is 2.28. The van der Waals surface area contributed by atoms with E-state index in [4.69, 9.17) is 10.00 Å². The van der Waals surface area contributed by atoms with Crippen LogP contribution in [0.1, 0.15) is 39.3 Å². The summed E-state index contributed by atoms with van der Waals surface area (Å²) in [7, 11) is 0. The molecular formula is C27H24N2O2. The van der Waals surface area contributed by atoms with E-state index in [9.17, 15) is 4.79 Å². The number of nitrogens with zero attached hydrogens (tertiary/aromatic N) is 1. The van der Waals surface area contributed by atoms with Gasteiger partial charge in [0.15, 0.2) is 0 Å². The van der Waals surface area contributed by atoms with Crippen molar-refractivity contribution >= 4 is 12.2 Å². The number of ether oxygens (including phenoxy) is 1. The first kappa shape index (κ1) is 20.4. The topological polar surface area (TPSA) is 62.1 Å². The Labute approximate surface area is 182 Å². The summed E-state index contributed by atoms with van der Waals surface area (Å²) in [5.74, 6) is 0.0534. The molecule has 0 aromatic heterocycles. The van der Waals surface area contributed by atoms with Gasteiger partial charge in [-0.1, -0.05) is 60.7 Å². The predicted octanol–water partition coefficient (Wildman–Crippen LogP) is 5.73. The van der Waals surface area contributed by atoms with E-state index >= 15 is 0 Å². The highest BCUT2D eigenvalue weighted by atomic mass is 16.5. The van der Waals surface area contributed by atoms with Crippen LogP contribution in [-0.4, -0.2) is 19.2 Å². The first-order chi connectivity index (χ1) is 15.1. The quantitative estimate of drug-likeness (QED) is 0.587. The van der Waals surface area contributed by atoms with Gasteiger partial charge in [-0.15, -0.1) is 0 Å². The normalized spacial score (nSPS) is 12.3. The number of carbonyl (C=O) groups excluding carboxylic acids is 1. The number of carbonyl (C=O) groups is 1. The SMILES string of the molecule is Cc1cc(C#N)cc(C)c1C=CCNC(=O)OCC1c2ccccc2-c2ccccc21. The second-order valence-corrected chi connectivity index (χ2v) is 7.74. The molecule has 4 nitrogen and oxygen atoms in total. The van der Waals surface area contributed by atoms with Crippen molar-refractivity contribution in [1.29, 1.82) is 5.26 Å². The zero-order chi connectivity index (χ0) is 21.8. The number of nitriles is 1. The molecule has 0 saturated heterocycles. The Balaban J connectivity index is 1.35. The minimum atomic E-state index is -0.431. The number of rotatable bonds is 5. The van der Waals surface area contributed by atoms with Gasteiger partial charge < -0.3 is 10.1 Å². The molecule has 0 bridgehead atoms. The summed E-state index contributed by atoms with van der Waals surface area (Å²) in [4.78, 5) is 12.2. The summed E-state index contributed by atoms with van der Waals surface area (Å²) >= 11 is 0. The lowest BCUT2D eigenvalue weighted by Gasteiger charge is -2.14. The Bertz CT molecular complexity index is 1140. The molecular weight excluding hydrogens is 384 g/mol. The molecule has 0 aliphatic heterocycles. The van der Waals surface area contributed by atoms with Crippen molar-refractivity contribution < 1.29 is 9.53 Å². The lowest BCUT2D eigenvalue weighted by molar-refractivity contribution is 0.144. The molecule has 0 saturated carbocycles. The fourth-order valence-corrected chi connectivity index (χ4v) is 4.27. The third-order valence-electron chi connectivity index (χ3n) is 5.72. The van der Waals surface area contributed by atoms with Crippen LogP contribution < -0.4 is 5.32 Å². The minimum absolute atomic E-state index is 0.0534. The fraction of sp³-hybridized carbons (Fsp3) is 0.185. The van der Waals surface area contributed by atoms with Crippen molar-refractivity contribution in [2.45, 2.75) is 19.8 Å². The van der Waals surface area contributed by atoms with Crippen LogP contribution >= 0.6 is 0 Å². The third-order valence-corrected chi connectivity index (χ3v) is 5.72. The van der Waals surface area contributed by atoms with E-state index < -0.39 is 6.09 Å². The first-order valence-electron chi connectivity index (χ1n) is 10.3. The highest BCUT2D eigenvalue weighted by molar-refractivity contribution is 5.79. The average molecular weight is 409 g/mol. The Kier molecular flexibility index (Phi) is 5.86. The Morgan fingerprint density at radius 1 is 1.03 bits per heavy atom. The molecule has 1 amide bonds. The molecule has 0 atom stereocenters. The number of fused-ring (bicyclic) bond motifs is 3. The Morgan fingerprint density at radius 2 is 1.61 bits per heavy atom. The summed E-state index contributed by atoms with van der Waals surface area (Å²) in [5, 5.41) is 11.8. The maximum Gasteiger partial charge on any atom is 0.407 e. The largest absolute Gasteiger partial charge is 0.449 e. The number of aryl methyl sites for hydroxylation is 2. The van der Waals surface area contributed by atoms with Crippen LogP contribution in [-0.2, 0) is 4.74 Å². The van der Waals surface area contributed by atoms with E-state index in [1.165, 1.54) is 22.3 Å². The van der Waals surface area contributed by atoms with Crippen molar-refractivity contribution in [2.75, 3.05) is 13.2 Å². The molecule has 4 rings (SSSR count). The monoisotopic (exact) mass is 408 g/mol. The molecule has 4 heteroatoms. The fourth-order valence-electron chi connectivity index (χ4n) is 4.27. The standard InChI is InChI=1S/C27H24N2O2/c1-18-14-20(16-28)15-19(2)21(18)12-7-13-29-27(30)31-17-26-24-10-5-3-8-22(24)23-9-4-6-11-25(23)26/h3-12,14-15,26H,13,17H2,1-2H3,(H,29,30). The van der Waals surface area contributed by atoms with Gasteiger partial charge in [0.2, 0.25) is 0 Å². The Morgan fingerprint density at radius 3 is 2.19 bits per heavy atom. The second-order valence-electron chi connectivity index (χ2n) is 7.74. The summed E-state index contributed by atoms with van der Waals surface area (Å²) in [6.07, 6.45) is 3.43. The van der Waals surface area contributed by atoms with Crippen LogP contribution in [0.4, 0.5) is 4.79 Å². The maximum atomic E-state index is 12.2. The molecule has 0 unspecified atom stereocenters. The second kappa shape index (κ2) is 8.89. The summed E-state index contributed by atoms with van der Waals surface area (Å²) < 4.78 is 5.55. The molecule has 1 N–H and O–H groups in total. The molecule has 0 fully saturated rings. The van der Waals surface area contributed by atoms with E-state index in [0.29, 0.717) is 18.7 Å². The molecule has 3 aromatic carbocycles. The number of benzene rings is 3. The van der Waals surface area contributed by atoms with Crippen LogP contribution in [0.5, 0.6) is 0 Å². The van der Waals surface area contributed by atoms with Crippen LogP contribution in [0.15, 0.2) is 66.7 Å². The number of amides is 1. The van der Waals surface area contributed by atoms with Gasteiger partial charge in [-0.3, -0.25) is 0 Å². The van der Waals surface area contributed by atoms with Gasteiger partial charge in [0.25, 0.3) is 0 Å². The zero-order valence-electron chi connectivity index (χ0n) is 17.7. The van der Waals surface area contributed by atoms with E-state index in [2.05, 4.69) is 35.7 Å². The minimum Gasteiger partial charge on any atom is -0.449 e. The van der Waals surface area contributed by atoms with Gasteiger partial charge in [-0.25, -0.2) is 4.79 Å². The van der Waals surface area contributed by atoms with Crippen molar-refractivity contribution in [3.8, 4) is 17.2 Å². The molecule has 31 heavy (non-hydrogen) atoms. The van der Waals surface area contributed by atoms with Gasteiger partial charge >= 0.3 is 6.09 Å². The molecule has 0 spiro atoms. The van der Waals surface area contributed by atoms with Crippen molar-refractivity contribution in [2.24, 2.45) is 0 Å². The molecule has 1 aliphatic rings. The van der Waals surface area contributed by atoms with Gasteiger partial charge in [0, 0.05) is 12.5 Å². The first-order valence-corrected chi connectivity index (χ1v) is 10.3. The van der Waals surface area contributed by atoms with E-state index in [0.717, 1.165) is 16.7 Å². The van der Waals surface area contributed by atoms with Crippen LogP contribution in [0.2, 0.25) is 0 Å². The van der Waals surface area contributed by atoms with Crippen molar-refractivity contribution in [3.63, 3.8) is 0 Å². The summed E-state index contributed by atoms with van der Waals surface area (Å²) in [6.45, 7) is 4.63. The molecule has 154 valence electrons. The van der Waals surface area contributed by atoms with E-state index in [1.807, 2.05) is 62.4 Å². The van der Waals surface area contributed by atoms with Gasteiger partial charge in [-0.2, -0.15) is 5.26 Å². The lowest BCUT2D eigenvalue weighted by atomic mass is 9.98. The molecule has 1 aliphatic carbocycles. The lowest BCUT2D eigenvalue weighted by Crippen LogP contribution is -2.26.